The Morgan fingerprint density at radius 2 is 1.92 bits per heavy atom. The number of hydrogen-bond acceptors (Lipinski definition) is 11. The Bertz CT molecular complexity index is 1650. The number of carbonyl (C=O) groups excluding carboxylic acids is 3. The molecule has 1 aromatic heterocycles. The highest BCUT2D eigenvalue weighted by molar-refractivity contribution is 8.15. The summed E-state index contributed by atoms with van der Waals surface area (Å²) in [6, 6.07) is 5.23. The van der Waals surface area contributed by atoms with E-state index in [0.29, 0.717) is 18.6 Å². The molecule has 0 N–H and O–H groups in total. The van der Waals surface area contributed by atoms with E-state index in [4.69, 9.17) is 30.4 Å². The zero-order valence-electron chi connectivity index (χ0n) is 29.6. The molecule has 0 unspecified atom stereocenters. The third-order valence-electron chi connectivity index (χ3n) is 8.17. The number of thioether (sulfide) groups is 1. The number of fused-ring (bicyclic) bond motifs is 1. The SMILES string of the molecule is C#C[C@H](C)Oc1cnc(C(=O)Cc2ccc(F)c([C@@]3(C)N=C(N(COCC[Si](C)(C)C)C(=O)OC(C)(C)C)S[C@@]4(C(=O)OC)C[C@H]43)c2)cn1. The van der Waals surface area contributed by atoms with Crippen LogP contribution in [0.1, 0.15) is 62.7 Å². The molecule has 0 saturated heterocycles. The average Bonchev–Trinajstić information content (AvgIpc) is 3.77. The molecule has 49 heavy (non-hydrogen) atoms. The molecule has 1 aromatic carbocycles. The van der Waals surface area contributed by atoms with Gasteiger partial charge in [0.25, 0.3) is 0 Å². The summed E-state index contributed by atoms with van der Waals surface area (Å²) >= 11 is 1.10. The van der Waals surface area contributed by atoms with Crippen molar-refractivity contribution in [2.24, 2.45) is 10.9 Å². The maximum absolute atomic E-state index is 15.9. The number of amidine groups is 1. The first-order chi connectivity index (χ1) is 22.8. The molecule has 1 aliphatic heterocycles. The Kier molecular flexibility index (Phi) is 11.3. The number of carbonyl (C=O) groups is 3. The van der Waals surface area contributed by atoms with Gasteiger partial charge < -0.3 is 18.9 Å². The van der Waals surface area contributed by atoms with Crippen LogP contribution in [0, 0.1) is 24.1 Å². The van der Waals surface area contributed by atoms with Gasteiger partial charge in [0.05, 0.1) is 25.0 Å². The largest absolute Gasteiger partial charge is 0.468 e. The third-order valence-corrected chi connectivity index (χ3v) is 11.3. The van der Waals surface area contributed by atoms with Crippen molar-refractivity contribution in [3.8, 4) is 18.2 Å². The summed E-state index contributed by atoms with van der Waals surface area (Å²) in [5.74, 6) is 0.729. The highest BCUT2D eigenvalue weighted by Crippen LogP contribution is 2.67. The zero-order valence-corrected chi connectivity index (χ0v) is 31.4. The molecular formula is C35H45FN4O7SSi. The number of ketones is 1. The van der Waals surface area contributed by atoms with Crippen molar-refractivity contribution in [1.82, 2.24) is 14.9 Å². The lowest BCUT2D eigenvalue weighted by Crippen LogP contribution is -2.47. The number of hydrogen-bond donors (Lipinski definition) is 0. The topological polar surface area (TPSA) is 130 Å². The standard InChI is InChI=1S/C35H45FN4O7SSi/c1-11-22(2)46-29-20-37-26(19-38-29)27(41)17-23-12-13-25(36)24(16-23)34(6)28-18-35(28,30(42)44-7)48-31(39-34)40(32(43)47-33(3,4)5)21-45-14-15-49(8,9)10/h1,12-13,16,19-20,22,28H,14-15,17-18,21H2,2-10H3/t22-,28-,34+,35-/m0/s1. The van der Waals surface area contributed by atoms with Crippen LogP contribution in [-0.4, -0.2) is 82.9 Å². The molecule has 2 aromatic rings. The lowest BCUT2D eigenvalue weighted by Gasteiger charge is -2.37. The van der Waals surface area contributed by atoms with Crippen molar-refractivity contribution >= 4 is 42.8 Å². The molecule has 4 rings (SSSR count). The van der Waals surface area contributed by atoms with Crippen LogP contribution in [0.15, 0.2) is 35.6 Å². The number of nitrogens with zero attached hydrogens (tertiary/aromatic N) is 4. The number of aromatic nitrogens is 2. The Morgan fingerprint density at radius 3 is 2.51 bits per heavy atom. The summed E-state index contributed by atoms with van der Waals surface area (Å²) < 4.78 is 37.1. The normalized spacial score (nSPS) is 22.1. The van der Waals surface area contributed by atoms with Crippen LogP contribution in [0.3, 0.4) is 0 Å². The fourth-order valence-corrected chi connectivity index (χ4v) is 7.74. The second-order valence-corrected chi connectivity index (χ2v) is 21.5. The van der Waals surface area contributed by atoms with Gasteiger partial charge in [-0.1, -0.05) is 43.4 Å². The molecule has 264 valence electrons. The van der Waals surface area contributed by atoms with Crippen molar-refractivity contribution in [3.05, 3.63) is 53.2 Å². The second-order valence-electron chi connectivity index (χ2n) is 14.6. The van der Waals surface area contributed by atoms with Crippen LogP contribution in [0.25, 0.3) is 0 Å². The van der Waals surface area contributed by atoms with Crippen LogP contribution in [0.2, 0.25) is 25.7 Å². The van der Waals surface area contributed by atoms with Gasteiger partial charge in [-0.05, 0) is 64.8 Å². The Labute approximate surface area is 292 Å². The summed E-state index contributed by atoms with van der Waals surface area (Å²) in [6.45, 7) is 15.6. The molecule has 0 bridgehead atoms. The number of benzene rings is 1. The van der Waals surface area contributed by atoms with Gasteiger partial charge in [-0.3, -0.25) is 14.6 Å². The van der Waals surface area contributed by atoms with E-state index >= 15 is 4.39 Å². The van der Waals surface area contributed by atoms with Gasteiger partial charge in [0.15, 0.2) is 17.1 Å². The van der Waals surface area contributed by atoms with E-state index in [1.807, 2.05) is 0 Å². The highest BCUT2D eigenvalue weighted by atomic mass is 32.2. The minimum Gasteiger partial charge on any atom is -0.468 e. The van der Waals surface area contributed by atoms with Crippen LogP contribution < -0.4 is 4.74 Å². The van der Waals surface area contributed by atoms with E-state index in [2.05, 4.69) is 35.5 Å². The summed E-state index contributed by atoms with van der Waals surface area (Å²) in [7, 11) is -0.138. The predicted octanol–water partition coefficient (Wildman–Crippen LogP) is 6.24. The molecule has 4 atom stereocenters. The average molecular weight is 713 g/mol. The Balaban J connectivity index is 1.69. The van der Waals surface area contributed by atoms with E-state index < -0.39 is 53.9 Å². The number of halogens is 1. The van der Waals surface area contributed by atoms with Gasteiger partial charge in [-0.25, -0.2) is 24.1 Å². The van der Waals surface area contributed by atoms with Gasteiger partial charge in [-0.15, -0.1) is 6.42 Å². The van der Waals surface area contributed by atoms with Crippen molar-refractivity contribution in [2.75, 3.05) is 20.4 Å². The van der Waals surface area contributed by atoms with Gasteiger partial charge in [0.2, 0.25) is 5.88 Å². The van der Waals surface area contributed by atoms with Gasteiger partial charge in [0, 0.05) is 32.6 Å². The molecule has 1 fully saturated rings. The molecule has 14 heteroatoms. The fraction of sp³-hybridized carbons (Fsp3) is 0.543. The molecule has 0 spiro atoms. The van der Waals surface area contributed by atoms with Crippen molar-refractivity contribution in [2.45, 2.75) is 95.1 Å². The molecule has 0 radical (unpaired) electrons. The van der Waals surface area contributed by atoms with Crippen molar-refractivity contribution in [3.63, 3.8) is 0 Å². The first kappa shape index (κ1) is 38.0. The summed E-state index contributed by atoms with van der Waals surface area (Å²) in [5.41, 5.74) is -1.37. The lowest BCUT2D eigenvalue weighted by molar-refractivity contribution is -0.141. The number of methoxy groups -OCH3 is 1. The molecule has 1 amide bonds. The molecule has 1 saturated carbocycles. The predicted molar refractivity (Wildman–Crippen MR) is 188 cm³/mol. The summed E-state index contributed by atoms with van der Waals surface area (Å²) in [4.78, 5) is 54.6. The number of rotatable bonds is 12. The zero-order chi connectivity index (χ0) is 36.4. The van der Waals surface area contributed by atoms with E-state index in [1.54, 1.807) is 40.7 Å². The second kappa shape index (κ2) is 14.6. The van der Waals surface area contributed by atoms with Gasteiger partial charge in [0.1, 0.15) is 28.6 Å². The lowest BCUT2D eigenvalue weighted by atomic mass is 9.84. The van der Waals surface area contributed by atoms with Crippen molar-refractivity contribution in [1.29, 1.82) is 0 Å². The number of esters is 1. The minimum absolute atomic E-state index is 0.0983. The number of ether oxygens (including phenoxy) is 4. The number of aliphatic imine (C=N–C) groups is 1. The molecule has 2 heterocycles. The molecule has 11 nitrogen and oxygen atoms in total. The van der Waals surface area contributed by atoms with E-state index in [9.17, 15) is 14.4 Å². The Hall–Kier alpha value is -3.80. The van der Waals surface area contributed by atoms with Crippen LogP contribution >= 0.6 is 11.8 Å². The maximum atomic E-state index is 15.9. The fourth-order valence-electron chi connectivity index (χ4n) is 5.40. The molecular weight excluding hydrogens is 668 g/mol. The third kappa shape index (κ3) is 9.06. The minimum atomic E-state index is -1.43. The van der Waals surface area contributed by atoms with E-state index in [-0.39, 0.29) is 41.2 Å². The molecule has 2 aliphatic rings. The van der Waals surface area contributed by atoms with E-state index in [1.165, 1.54) is 36.5 Å². The smallest absolute Gasteiger partial charge is 0.418 e. The van der Waals surface area contributed by atoms with Gasteiger partial charge >= 0.3 is 12.1 Å². The number of terminal acetylenes is 1. The highest BCUT2D eigenvalue weighted by Gasteiger charge is 2.72. The Morgan fingerprint density at radius 1 is 1.20 bits per heavy atom. The summed E-state index contributed by atoms with van der Waals surface area (Å²) in [6.07, 6.45) is 6.96. The quantitative estimate of drug-likeness (QED) is 0.0623. The monoisotopic (exact) mass is 712 g/mol. The summed E-state index contributed by atoms with van der Waals surface area (Å²) in [5, 5.41) is 0.154. The number of Topliss-reactive ketones (excluding diaryl/α,β-unsaturated/α-hetero) is 1. The first-order valence-electron chi connectivity index (χ1n) is 16.0. The van der Waals surface area contributed by atoms with E-state index in [0.717, 1.165) is 17.8 Å². The first-order valence-corrected chi connectivity index (χ1v) is 20.6. The van der Waals surface area contributed by atoms with Crippen molar-refractivity contribution < 1.29 is 37.7 Å². The van der Waals surface area contributed by atoms with Crippen LogP contribution in [0.5, 0.6) is 5.88 Å². The molecule has 1 aliphatic carbocycles. The van der Waals surface area contributed by atoms with Crippen LogP contribution in [0.4, 0.5) is 9.18 Å². The van der Waals surface area contributed by atoms with Crippen LogP contribution in [-0.2, 0) is 31.0 Å². The number of amides is 1. The van der Waals surface area contributed by atoms with Gasteiger partial charge in [-0.2, -0.15) is 0 Å². The maximum Gasteiger partial charge on any atom is 0.418 e.